The van der Waals surface area contributed by atoms with Gasteiger partial charge in [0.2, 0.25) is 0 Å². The highest BCUT2D eigenvalue weighted by Crippen LogP contribution is 2.30. The molecule has 0 bridgehead atoms. The van der Waals surface area contributed by atoms with Gasteiger partial charge in [-0.3, -0.25) is 4.79 Å². The normalized spacial score (nSPS) is 11.2. The smallest absolute Gasteiger partial charge is 0.416 e. The van der Waals surface area contributed by atoms with Gasteiger partial charge in [-0.15, -0.1) is 0 Å². The number of rotatable bonds is 7. The largest absolute Gasteiger partial charge is 0.489 e. The van der Waals surface area contributed by atoms with Crippen molar-refractivity contribution in [3.8, 4) is 5.75 Å². The zero-order valence-electron chi connectivity index (χ0n) is 18.7. The molecule has 4 rings (SSSR count). The van der Waals surface area contributed by atoms with Gasteiger partial charge in [-0.25, -0.2) is 0 Å². The van der Waals surface area contributed by atoms with Crippen LogP contribution in [0.5, 0.6) is 5.75 Å². The standard InChI is InChI=1S/C28H23F3N2O2/c29-28(30,31)22-12-10-19(11-13-22)16-21-8-4-5-9-24(21)27(34)33-26-15-14-23(17-25(26)32)35-18-20-6-2-1-3-7-20/h1-15,17H,16,18,32H2,(H,33,34). The molecule has 0 saturated carbocycles. The summed E-state index contributed by atoms with van der Waals surface area (Å²) < 4.78 is 44.3. The minimum absolute atomic E-state index is 0.309. The fourth-order valence-electron chi connectivity index (χ4n) is 3.60. The van der Waals surface area contributed by atoms with Crippen LogP contribution >= 0.6 is 0 Å². The third-order valence-corrected chi connectivity index (χ3v) is 5.46. The van der Waals surface area contributed by atoms with Gasteiger partial charge in [-0.2, -0.15) is 13.2 Å². The Balaban J connectivity index is 1.44. The topological polar surface area (TPSA) is 64.3 Å². The molecule has 4 nitrogen and oxygen atoms in total. The van der Waals surface area contributed by atoms with Crippen LogP contribution in [0.15, 0.2) is 97.1 Å². The first-order chi connectivity index (χ1) is 16.8. The highest BCUT2D eigenvalue weighted by Gasteiger charge is 2.30. The molecule has 35 heavy (non-hydrogen) atoms. The van der Waals surface area contributed by atoms with Crippen molar-refractivity contribution >= 4 is 17.3 Å². The monoisotopic (exact) mass is 476 g/mol. The summed E-state index contributed by atoms with van der Waals surface area (Å²) in [6, 6.07) is 26.6. The summed E-state index contributed by atoms with van der Waals surface area (Å²) in [7, 11) is 0. The third kappa shape index (κ3) is 6.20. The van der Waals surface area contributed by atoms with Gasteiger partial charge in [0.05, 0.1) is 16.9 Å². The molecule has 0 fully saturated rings. The van der Waals surface area contributed by atoms with Gasteiger partial charge in [-0.1, -0.05) is 60.7 Å². The van der Waals surface area contributed by atoms with Crippen molar-refractivity contribution in [2.75, 3.05) is 11.1 Å². The first kappa shape index (κ1) is 23.9. The second kappa shape index (κ2) is 10.3. The summed E-state index contributed by atoms with van der Waals surface area (Å²) in [6.07, 6.45) is -4.08. The Labute approximate surface area is 201 Å². The summed E-state index contributed by atoms with van der Waals surface area (Å²) in [6.45, 7) is 0.392. The fraction of sp³-hybridized carbons (Fsp3) is 0.107. The van der Waals surface area contributed by atoms with E-state index in [1.54, 1.807) is 42.5 Å². The van der Waals surface area contributed by atoms with E-state index >= 15 is 0 Å². The zero-order valence-corrected chi connectivity index (χ0v) is 18.7. The maximum Gasteiger partial charge on any atom is 0.416 e. The van der Waals surface area contributed by atoms with Crippen molar-refractivity contribution in [3.63, 3.8) is 0 Å². The van der Waals surface area contributed by atoms with E-state index in [0.717, 1.165) is 17.7 Å². The zero-order chi connectivity index (χ0) is 24.8. The lowest BCUT2D eigenvalue weighted by Crippen LogP contribution is -2.15. The van der Waals surface area contributed by atoms with Gasteiger partial charge < -0.3 is 15.8 Å². The summed E-state index contributed by atoms with van der Waals surface area (Å²) in [4.78, 5) is 13.0. The van der Waals surface area contributed by atoms with Crippen LogP contribution in [0, 0.1) is 0 Å². The average Bonchev–Trinajstić information content (AvgIpc) is 2.85. The Morgan fingerprint density at radius 2 is 1.51 bits per heavy atom. The number of nitrogens with two attached hydrogens (primary N) is 1. The van der Waals surface area contributed by atoms with Gasteiger partial charge in [-0.05, 0) is 53.4 Å². The minimum Gasteiger partial charge on any atom is -0.489 e. The molecule has 0 unspecified atom stereocenters. The predicted octanol–water partition coefficient (Wildman–Crippen LogP) is 6.71. The van der Waals surface area contributed by atoms with Gasteiger partial charge in [0.1, 0.15) is 12.4 Å². The molecule has 0 aliphatic carbocycles. The molecule has 7 heteroatoms. The molecule has 0 atom stereocenters. The average molecular weight is 476 g/mol. The predicted molar refractivity (Wildman–Crippen MR) is 130 cm³/mol. The maximum absolute atomic E-state index is 13.0. The number of ether oxygens (including phenoxy) is 1. The first-order valence-corrected chi connectivity index (χ1v) is 10.9. The quantitative estimate of drug-likeness (QED) is 0.292. The van der Waals surface area contributed by atoms with E-state index in [1.165, 1.54) is 12.1 Å². The molecular weight excluding hydrogens is 453 g/mol. The minimum atomic E-state index is -4.39. The second-order valence-electron chi connectivity index (χ2n) is 8.01. The Bertz CT molecular complexity index is 1300. The molecule has 0 aliphatic heterocycles. The van der Waals surface area contributed by atoms with E-state index in [9.17, 15) is 18.0 Å². The molecule has 0 spiro atoms. The van der Waals surface area contributed by atoms with Crippen molar-refractivity contribution in [2.24, 2.45) is 0 Å². The molecule has 4 aromatic rings. The third-order valence-electron chi connectivity index (χ3n) is 5.46. The lowest BCUT2D eigenvalue weighted by molar-refractivity contribution is -0.137. The Morgan fingerprint density at radius 3 is 2.20 bits per heavy atom. The molecule has 3 N–H and O–H groups in total. The number of alkyl halides is 3. The van der Waals surface area contributed by atoms with E-state index < -0.39 is 11.7 Å². The van der Waals surface area contributed by atoms with E-state index in [-0.39, 0.29) is 5.91 Å². The van der Waals surface area contributed by atoms with E-state index in [4.69, 9.17) is 10.5 Å². The SMILES string of the molecule is Nc1cc(OCc2ccccc2)ccc1NC(=O)c1ccccc1Cc1ccc(C(F)(F)F)cc1. The lowest BCUT2D eigenvalue weighted by Gasteiger charge is -2.14. The number of amides is 1. The van der Waals surface area contributed by atoms with Crippen LogP contribution < -0.4 is 15.8 Å². The summed E-state index contributed by atoms with van der Waals surface area (Å²) in [5.74, 6) is 0.212. The number of halogens is 3. The molecule has 0 radical (unpaired) electrons. The molecule has 178 valence electrons. The molecule has 0 saturated heterocycles. The summed E-state index contributed by atoms with van der Waals surface area (Å²) in [5.41, 5.74) is 9.00. The molecule has 4 aromatic carbocycles. The van der Waals surface area contributed by atoms with Gasteiger partial charge in [0.25, 0.3) is 5.91 Å². The molecule has 0 aromatic heterocycles. The number of nitrogens with one attached hydrogen (secondary N) is 1. The van der Waals surface area contributed by atoms with Crippen LogP contribution in [-0.2, 0) is 19.2 Å². The first-order valence-electron chi connectivity index (χ1n) is 10.9. The molecule has 0 heterocycles. The Morgan fingerprint density at radius 1 is 0.829 bits per heavy atom. The van der Waals surface area contributed by atoms with Crippen molar-refractivity contribution in [1.82, 2.24) is 0 Å². The lowest BCUT2D eigenvalue weighted by atomic mass is 9.98. The molecule has 0 aliphatic rings. The number of carbonyl (C=O) groups excluding carboxylic acids is 1. The van der Waals surface area contributed by atoms with E-state index in [2.05, 4.69) is 5.32 Å². The summed E-state index contributed by atoms with van der Waals surface area (Å²) in [5, 5.41) is 2.81. The number of hydrogen-bond acceptors (Lipinski definition) is 3. The molecule has 1 amide bonds. The fourth-order valence-corrected chi connectivity index (χ4v) is 3.60. The summed E-state index contributed by atoms with van der Waals surface area (Å²) >= 11 is 0. The molecular formula is C28H23F3N2O2. The highest BCUT2D eigenvalue weighted by atomic mass is 19.4. The number of benzene rings is 4. The van der Waals surface area contributed by atoms with Crippen LogP contribution in [-0.4, -0.2) is 5.91 Å². The van der Waals surface area contributed by atoms with Gasteiger partial charge >= 0.3 is 6.18 Å². The van der Waals surface area contributed by atoms with E-state index in [1.807, 2.05) is 30.3 Å². The van der Waals surface area contributed by atoms with Gasteiger partial charge in [0.15, 0.2) is 0 Å². The van der Waals surface area contributed by atoms with Gasteiger partial charge in [0, 0.05) is 11.6 Å². The Hall–Kier alpha value is -4.26. The van der Waals surface area contributed by atoms with Crippen molar-refractivity contribution < 1.29 is 22.7 Å². The number of carbonyl (C=O) groups is 1. The van der Waals surface area contributed by atoms with Crippen LogP contribution in [0.4, 0.5) is 24.5 Å². The van der Waals surface area contributed by atoms with Crippen LogP contribution in [0.2, 0.25) is 0 Å². The van der Waals surface area contributed by atoms with Crippen molar-refractivity contribution in [2.45, 2.75) is 19.2 Å². The van der Waals surface area contributed by atoms with Crippen molar-refractivity contribution in [3.05, 3.63) is 125 Å². The van der Waals surface area contributed by atoms with Crippen LogP contribution in [0.25, 0.3) is 0 Å². The Kier molecular flexibility index (Phi) is 7.06. The highest BCUT2D eigenvalue weighted by molar-refractivity contribution is 6.06. The van der Waals surface area contributed by atoms with Crippen molar-refractivity contribution in [1.29, 1.82) is 0 Å². The van der Waals surface area contributed by atoms with Crippen LogP contribution in [0.1, 0.15) is 32.6 Å². The van der Waals surface area contributed by atoms with Crippen LogP contribution in [0.3, 0.4) is 0 Å². The number of anilines is 2. The van der Waals surface area contributed by atoms with E-state index in [0.29, 0.717) is 46.8 Å². The number of nitrogen functional groups attached to an aromatic ring is 1. The second-order valence-corrected chi connectivity index (χ2v) is 8.01. The maximum atomic E-state index is 13.0. The number of hydrogen-bond donors (Lipinski definition) is 2.